The van der Waals surface area contributed by atoms with Gasteiger partial charge in [-0.2, -0.15) is 0 Å². The van der Waals surface area contributed by atoms with E-state index < -0.39 is 5.41 Å². The standard InChI is InChI=1S/C64H43NO/c1-63(2)54-26-12-8-20-46(54)50-34-31-41(37-58(50)63)65(43-33-36-52-45-19-6-7-24-53(45)62-44(40-17-4-3-5-18-40)25-16-30-60(62)66-61(52)39-43)42-32-35-51-49-23-11-15-29-57(49)64(59(51)38-42)55-27-13-9-21-47(55)48-22-10-14-28-56(48)64/h3-39H,1-2H3. The smallest absolute Gasteiger partial charge is 0.137 e. The molecule has 1 spiro atoms. The molecule has 310 valence electrons. The lowest BCUT2D eigenvalue weighted by molar-refractivity contribution is 0.488. The van der Waals surface area contributed by atoms with Gasteiger partial charge < -0.3 is 9.64 Å². The number of fused-ring (bicyclic) bond motifs is 18. The van der Waals surface area contributed by atoms with Crippen LogP contribution in [0.2, 0.25) is 0 Å². The van der Waals surface area contributed by atoms with Crippen molar-refractivity contribution in [2.75, 3.05) is 4.90 Å². The molecule has 2 nitrogen and oxygen atoms in total. The summed E-state index contributed by atoms with van der Waals surface area (Å²) in [5.74, 6) is 1.67. The van der Waals surface area contributed by atoms with Gasteiger partial charge in [-0.05, 0) is 131 Å². The van der Waals surface area contributed by atoms with E-state index in [0.29, 0.717) is 0 Å². The minimum atomic E-state index is -0.469. The zero-order valence-corrected chi connectivity index (χ0v) is 36.7. The van der Waals surface area contributed by atoms with Crippen molar-refractivity contribution in [2.45, 2.75) is 24.7 Å². The van der Waals surface area contributed by atoms with E-state index in [9.17, 15) is 0 Å². The van der Waals surface area contributed by atoms with E-state index in [0.717, 1.165) is 61.9 Å². The zero-order valence-electron chi connectivity index (χ0n) is 36.7. The Bertz CT molecular complexity index is 3610. The van der Waals surface area contributed by atoms with Crippen LogP contribution in [0, 0.1) is 0 Å². The molecule has 0 bridgehead atoms. The van der Waals surface area contributed by atoms with Crippen LogP contribution in [0.15, 0.2) is 224 Å². The van der Waals surface area contributed by atoms with Gasteiger partial charge >= 0.3 is 0 Å². The summed E-state index contributed by atoms with van der Waals surface area (Å²) in [6, 6.07) is 83.1. The van der Waals surface area contributed by atoms with Crippen LogP contribution >= 0.6 is 0 Å². The van der Waals surface area contributed by atoms with E-state index in [1.807, 2.05) is 0 Å². The van der Waals surface area contributed by atoms with Gasteiger partial charge in [0.1, 0.15) is 11.5 Å². The second-order valence-electron chi connectivity index (χ2n) is 18.7. The Morgan fingerprint density at radius 3 is 1.36 bits per heavy atom. The van der Waals surface area contributed by atoms with Crippen LogP contribution < -0.4 is 9.64 Å². The molecule has 0 N–H and O–H groups in total. The van der Waals surface area contributed by atoms with E-state index in [1.54, 1.807) is 0 Å². The second kappa shape index (κ2) is 13.7. The third-order valence-electron chi connectivity index (χ3n) is 15.1. The van der Waals surface area contributed by atoms with Crippen molar-refractivity contribution >= 4 is 17.1 Å². The van der Waals surface area contributed by atoms with E-state index in [2.05, 4.69) is 243 Å². The van der Waals surface area contributed by atoms with Crippen molar-refractivity contribution in [3.63, 3.8) is 0 Å². The molecule has 10 aromatic carbocycles. The Hall–Kier alpha value is -8.20. The van der Waals surface area contributed by atoms with Crippen LogP contribution in [0.3, 0.4) is 0 Å². The summed E-state index contributed by atoms with van der Waals surface area (Å²) in [4.78, 5) is 2.46. The Labute approximate surface area is 385 Å². The molecule has 0 atom stereocenters. The number of hydrogen-bond donors (Lipinski definition) is 0. The first kappa shape index (κ1) is 37.2. The topological polar surface area (TPSA) is 12.5 Å². The van der Waals surface area contributed by atoms with E-state index in [-0.39, 0.29) is 5.41 Å². The Kier molecular flexibility index (Phi) is 7.70. The number of benzene rings is 10. The summed E-state index contributed by atoms with van der Waals surface area (Å²) in [6.07, 6.45) is 0. The van der Waals surface area contributed by atoms with Crippen molar-refractivity contribution in [3.05, 3.63) is 258 Å². The maximum Gasteiger partial charge on any atom is 0.137 e. The predicted octanol–water partition coefficient (Wildman–Crippen LogP) is 16.9. The molecule has 0 radical (unpaired) electrons. The largest absolute Gasteiger partial charge is 0.456 e. The summed E-state index contributed by atoms with van der Waals surface area (Å²) in [6.45, 7) is 4.73. The minimum Gasteiger partial charge on any atom is -0.456 e. The molecule has 2 heteroatoms. The fourth-order valence-electron chi connectivity index (χ4n) is 12.3. The molecule has 0 aromatic heterocycles. The van der Waals surface area contributed by atoms with Crippen LogP contribution in [-0.2, 0) is 10.8 Å². The molecule has 0 saturated carbocycles. The normalized spacial score (nSPS) is 14.3. The van der Waals surface area contributed by atoms with Gasteiger partial charge in [0.15, 0.2) is 0 Å². The molecule has 3 aliphatic carbocycles. The van der Waals surface area contributed by atoms with Crippen LogP contribution in [0.4, 0.5) is 17.1 Å². The van der Waals surface area contributed by atoms with Crippen molar-refractivity contribution in [1.82, 2.24) is 0 Å². The van der Waals surface area contributed by atoms with Crippen molar-refractivity contribution in [2.24, 2.45) is 0 Å². The van der Waals surface area contributed by atoms with Gasteiger partial charge in [-0.3, -0.25) is 0 Å². The molecule has 66 heavy (non-hydrogen) atoms. The lowest BCUT2D eigenvalue weighted by Crippen LogP contribution is -2.26. The van der Waals surface area contributed by atoms with E-state index >= 15 is 0 Å². The highest BCUT2D eigenvalue weighted by Crippen LogP contribution is 2.64. The van der Waals surface area contributed by atoms with Gasteiger partial charge in [0.25, 0.3) is 0 Å². The zero-order chi connectivity index (χ0) is 43.7. The first-order valence-electron chi connectivity index (χ1n) is 23.1. The number of hydrogen-bond acceptors (Lipinski definition) is 2. The third kappa shape index (κ3) is 4.96. The maximum atomic E-state index is 7.20. The monoisotopic (exact) mass is 841 g/mol. The molecule has 0 fully saturated rings. The highest BCUT2D eigenvalue weighted by Gasteiger charge is 2.51. The second-order valence-corrected chi connectivity index (χ2v) is 18.7. The average molecular weight is 842 g/mol. The van der Waals surface area contributed by atoms with E-state index in [1.165, 1.54) is 66.8 Å². The fourth-order valence-corrected chi connectivity index (χ4v) is 12.3. The lowest BCUT2D eigenvalue weighted by atomic mass is 9.70. The van der Waals surface area contributed by atoms with Crippen molar-refractivity contribution in [1.29, 1.82) is 0 Å². The number of nitrogens with zero attached hydrogens (tertiary/aromatic N) is 1. The van der Waals surface area contributed by atoms with Gasteiger partial charge in [0.05, 0.1) is 5.41 Å². The minimum absolute atomic E-state index is 0.171. The predicted molar refractivity (Wildman–Crippen MR) is 271 cm³/mol. The number of rotatable bonds is 4. The summed E-state index contributed by atoms with van der Waals surface area (Å²) < 4.78 is 7.20. The number of anilines is 3. The van der Waals surface area contributed by atoms with Crippen molar-refractivity contribution < 1.29 is 4.74 Å². The van der Waals surface area contributed by atoms with Crippen LogP contribution in [0.25, 0.3) is 66.8 Å². The molecule has 1 heterocycles. The highest BCUT2D eigenvalue weighted by molar-refractivity contribution is 6.00. The van der Waals surface area contributed by atoms with Crippen LogP contribution in [-0.4, -0.2) is 0 Å². The highest BCUT2D eigenvalue weighted by atomic mass is 16.5. The first-order valence-corrected chi connectivity index (χ1v) is 23.1. The number of ether oxygens (including phenoxy) is 1. The molecule has 10 aromatic rings. The van der Waals surface area contributed by atoms with Gasteiger partial charge in [0, 0.05) is 39.7 Å². The summed E-state index contributed by atoms with van der Waals surface area (Å²) >= 11 is 0. The summed E-state index contributed by atoms with van der Waals surface area (Å²) in [5, 5.41) is 0. The first-order chi connectivity index (χ1) is 32.5. The molecule has 14 rings (SSSR count). The maximum absolute atomic E-state index is 7.20. The Balaban J connectivity index is 1.01. The fraction of sp³-hybridized carbons (Fsp3) is 0.0625. The lowest BCUT2D eigenvalue weighted by Gasteiger charge is -2.32. The molecule has 1 aliphatic heterocycles. The molecular formula is C64H43NO. The molecular weight excluding hydrogens is 799 g/mol. The van der Waals surface area contributed by atoms with Crippen LogP contribution in [0.1, 0.15) is 47.2 Å². The SMILES string of the molecule is CC1(C)c2ccccc2-c2ccc(N(c3ccc4c(c3)Oc3cccc(-c5ccccc5)c3-c3ccccc3-4)c3ccc4c(c3)C3(c5ccccc5-c5ccccc53)c3ccccc3-4)cc21. The Morgan fingerprint density at radius 1 is 0.303 bits per heavy atom. The molecule has 4 aliphatic rings. The van der Waals surface area contributed by atoms with Crippen LogP contribution in [0.5, 0.6) is 11.5 Å². The van der Waals surface area contributed by atoms with Crippen molar-refractivity contribution in [3.8, 4) is 78.3 Å². The molecule has 0 saturated heterocycles. The average Bonchev–Trinajstić information content (AvgIpc) is 3.88. The van der Waals surface area contributed by atoms with E-state index in [4.69, 9.17) is 4.74 Å². The Morgan fingerprint density at radius 2 is 0.742 bits per heavy atom. The summed E-state index contributed by atoms with van der Waals surface area (Å²) in [7, 11) is 0. The quantitative estimate of drug-likeness (QED) is 0.175. The molecule has 0 amide bonds. The molecule has 0 unspecified atom stereocenters. The van der Waals surface area contributed by atoms with Gasteiger partial charge in [-0.25, -0.2) is 0 Å². The third-order valence-corrected chi connectivity index (χ3v) is 15.1. The van der Waals surface area contributed by atoms with Gasteiger partial charge in [-0.15, -0.1) is 0 Å². The van der Waals surface area contributed by atoms with Gasteiger partial charge in [-0.1, -0.05) is 190 Å². The van der Waals surface area contributed by atoms with Gasteiger partial charge in [0.2, 0.25) is 0 Å². The summed E-state index contributed by atoms with van der Waals surface area (Å²) in [5.41, 5.74) is 25.2.